The van der Waals surface area contributed by atoms with Gasteiger partial charge in [-0.05, 0) is 67.9 Å². The summed E-state index contributed by atoms with van der Waals surface area (Å²) in [6.45, 7) is 1.97. The van der Waals surface area contributed by atoms with E-state index in [4.69, 9.17) is 11.6 Å². The lowest BCUT2D eigenvalue weighted by atomic mass is 9.95. The molecule has 1 fully saturated rings. The van der Waals surface area contributed by atoms with Crippen molar-refractivity contribution in [2.45, 2.75) is 30.0 Å². The van der Waals surface area contributed by atoms with Crippen LogP contribution in [0.2, 0.25) is 5.02 Å². The molecule has 1 aliphatic heterocycles. The Kier molecular flexibility index (Phi) is 7.85. The predicted octanol–water partition coefficient (Wildman–Crippen LogP) is 6.62. The van der Waals surface area contributed by atoms with Crippen molar-refractivity contribution in [1.29, 1.82) is 0 Å². The largest absolute Gasteiger partial charge is 0.326 e. The third kappa shape index (κ3) is 6.12. The zero-order chi connectivity index (χ0) is 22.3. The highest BCUT2D eigenvalue weighted by atomic mass is 35.5. The molecule has 1 amide bonds. The van der Waals surface area contributed by atoms with Gasteiger partial charge in [-0.3, -0.25) is 9.69 Å². The van der Waals surface area contributed by atoms with E-state index in [0.29, 0.717) is 17.1 Å². The van der Waals surface area contributed by atoms with Crippen LogP contribution in [0.5, 0.6) is 0 Å². The molecule has 0 aliphatic carbocycles. The molecule has 32 heavy (non-hydrogen) atoms. The van der Waals surface area contributed by atoms with E-state index in [-0.39, 0.29) is 17.6 Å². The molecule has 4 rings (SSSR count). The summed E-state index contributed by atoms with van der Waals surface area (Å²) in [5, 5.41) is 3.50. The number of carbonyl (C=O) groups excluding carboxylic acids is 1. The Morgan fingerprint density at radius 1 is 1.00 bits per heavy atom. The predicted molar refractivity (Wildman–Crippen MR) is 130 cm³/mol. The van der Waals surface area contributed by atoms with Crippen LogP contribution in [0.1, 0.15) is 24.0 Å². The Bertz CT molecular complexity index is 1020. The number of thioether (sulfide) groups is 1. The molecule has 3 aromatic carbocycles. The smallest absolute Gasteiger partial charge is 0.227 e. The maximum absolute atomic E-state index is 14.0. The normalized spacial score (nSPS) is 14.9. The SMILES string of the molecule is O=C(Nc1ccc(CSc2ccccc2)cc1)C1CCN(Cc2c(F)cccc2Cl)CC1. The number of rotatable bonds is 7. The van der Waals surface area contributed by atoms with Gasteiger partial charge < -0.3 is 5.32 Å². The lowest BCUT2D eigenvalue weighted by Crippen LogP contribution is -2.38. The van der Waals surface area contributed by atoms with E-state index in [2.05, 4.69) is 34.5 Å². The van der Waals surface area contributed by atoms with Crippen molar-refractivity contribution >= 4 is 35.0 Å². The topological polar surface area (TPSA) is 32.3 Å². The second-order valence-electron chi connectivity index (χ2n) is 8.04. The number of amides is 1. The maximum atomic E-state index is 14.0. The van der Waals surface area contributed by atoms with Crippen molar-refractivity contribution in [3.63, 3.8) is 0 Å². The van der Waals surface area contributed by atoms with E-state index in [1.807, 2.05) is 30.3 Å². The van der Waals surface area contributed by atoms with Gasteiger partial charge in [0.05, 0.1) is 0 Å². The van der Waals surface area contributed by atoms with Crippen molar-refractivity contribution in [3.05, 3.63) is 94.8 Å². The third-order valence-corrected chi connectivity index (χ3v) is 7.21. The lowest BCUT2D eigenvalue weighted by Gasteiger charge is -2.31. The fourth-order valence-electron chi connectivity index (χ4n) is 3.87. The first-order valence-electron chi connectivity index (χ1n) is 10.8. The number of hydrogen-bond donors (Lipinski definition) is 1. The van der Waals surface area contributed by atoms with Crippen LogP contribution in [0.15, 0.2) is 77.7 Å². The van der Waals surface area contributed by atoms with Gasteiger partial charge in [-0.25, -0.2) is 4.39 Å². The average molecular weight is 469 g/mol. The number of nitrogens with one attached hydrogen (secondary N) is 1. The molecule has 0 radical (unpaired) electrons. The molecule has 0 aromatic heterocycles. The van der Waals surface area contributed by atoms with Crippen molar-refractivity contribution in [3.8, 4) is 0 Å². The molecule has 6 heteroatoms. The molecule has 1 N–H and O–H groups in total. The summed E-state index contributed by atoms with van der Waals surface area (Å²) >= 11 is 7.94. The molecule has 0 saturated carbocycles. The summed E-state index contributed by atoms with van der Waals surface area (Å²) in [7, 11) is 0. The highest BCUT2D eigenvalue weighted by Crippen LogP contribution is 2.26. The van der Waals surface area contributed by atoms with Crippen LogP contribution < -0.4 is 5.32 Å². The lowest BCUT2D eigenvalue weighted by molar-refractivity contribution is -0.121. The highest BCUT2D eigenvalue weighted by Gasteiger charge is 2.26. The van der Waals surface area contributed by atoms with Gasteiger partial charge in [0.15, 0.2) is 0 Å². The molecule has 0 bridgehead atoms. The van der Waals surface area contributed by atoms with Crippen LogP contribution >= 0.6 is 23.4 Å². The van der Waals surface area contributed by atoms with Gasteiger partial charge in [-0.2, -0.15) is 0 Å². The van der Waals surface area contributed by atoms with Crippen LogP contribution in [0.4, 0.5) is 10.1 Å². The molecule has 0 spiro atoms. The quantitative estimate of drug-likeness (QED) is 0.395. The van der Waals surface area contributed by atoms with Crippen LogP contribution in [0.25, 0.3) is 0 Å². The van der Waals surface area contributed by atoms with E-state index < -0.39 is 0 Å². The van der Waals surface area contributed by atoms with Crippen LogP contribution in [0, 0.1) is 11.7 Å². The second kappa shape index (κ2) is 11.0. The summed E-state index contributed by atoms with van der Waals surface area (Å²) in [6, 6.07) is 23.1. The fraction of sp³-hybridized carbons (Fsp3) is 0.269. The fourth-order valence-corrected chi connectivity index (χ4v) is 4.97. The van der Waals surface area contributed by atoms with Crippen LogP contribution in [-0.2, 0) is 17.1 Å². The number of anilines is 1. The number of benzene rings is 3. The van der Waals surface area contributed by atoms with E-state index in [9.17, 15) is 9.18 Å². The monoisotopic (exact) mass is 468 g/mol. The number of piperidine rings is 1. The zero-order valence-electron chi connectivity index (χ0n) is 17.8. The molecule has 3 aromatic rings. The molecular formula is C26H26ClFN2OS. The summed E-state index contributed by atoms with van der Waals surface area (Å²) < 4.78 is 14.0. The van der Waals surface area contributed by atoms with Gasteiger partial charge in [0, 0.05) is 39.4 Å². The summed E-state index contributed by atoms with van der Waals surface area (Å²) in [6.07, 6.45) is 1.51. The summed E-state index contributed by atoms with van der Waals surface area (Å²) in [5.41, 5.74) is 2.57. The van der Waals surface area contributed by atoms with E-state index in [1.165, 1.54) is 16.5 Å². The molecule has 1 aliphatic rings. The molecule has 3 nitrogen and oxygen atoms in total. The molecule has 0 unspecified atom stereocenters. The first kappa shape index (κ1) is 22.8. The summed E-state index contributed by atoms with van der Waals surface area (Å²) in [5.74, 6) is 0.640. The maximum Gasteiger partial charge on any atom is 0.227 e. The van der Waals surface area contributed by atoms with E-state index in [0.717, 1.165) is 37.4 Å². The Morgan fingerprint density at radius 2 is 1.72 bits per heavy atom. The first-order chi connectivity index (χ1) is 15.6. The van der Waals surface area contributed by atoms with Crippen molar-refractivity contribution in [2.75, 3.05) is 18.4 Å². The van der Waals surface area contributed by atoms with Crippen molar-refractivity contribution in [2.24, 2.45) is 5.92 Å². The minimum absolute atomic E-state index is 0.0318. The first-order valence-corrected chi connectivity index (χ1v) is 12.2. The minimum atomic E-state index is -0.275. The zero-order valence-corrected chi connectivity index (χ0v) is 19.3. The third-order valence-electron chi connectivity index (χ3n) is 5.77. The van der Waals surface area contributed by atoms with Gasteiger partial charge in [0.25, 0.3) is 0 Å². The molecule has 166 valence electrons. The summed E-state index contributed by atoms with van der Waals surface area (Å²) in [4.78, 5) is 16.1. The number of hydrogen-bond acceptors (Lipinski definition) is 3. The Morgan fingerprint density at radius 3 is 2.41 bits per heavy atom. The minimum Gasteiger partial charge on any atom is -0.326 e. The van der Waals surface area contributed by atoms with E-state index >= 15 is 0 Å². The van der Waals surface area contributed by atoms with Crippen LogP contribution in [-0.4, -0.2) is 23.9 Å². The van der Waals surface area contributed by atoms with Gasteiger partial charge >= 0.3 is 0 Å². The van der Waals surface area contributed by atoms with Gasteiger partial charge in [0.2, 0.25) is 5.91 Å². The van der Waals surface area contributed by atoms with E-state index in [1.54, 1.807) is 23.9 Å². The van der Waals surface area contributed by atoms with Crippen LogP contribution in [0.3, 0.4) is 0 Å². The van der Waals surface area contributed by atoms with Crippen molar-refractivity contribution in [1.82, 2.24) is 4.90 Å². The van der Waals surface area contributed by atoms with Gasteiger partial charge in [0.1, 0.15) is 5.82 Å². The Labute approximate surface area is 198 Å². The number of halogens is 2. The Hall–Kier alpha value is -2.34. The van der Waals surface area contributed by atoms with Gasteiger partial charge in [-0.15, -0.1) is 11.8 Å². The number of carbonyl (C=O) groups is 1. The standard InChI is InChI=1S/C26H26ClFN2OS/c27-24-7-4-8-25(28)23(24)17-30-15-13-20(14-16-30)26(31)29-21-11-9-19(10-12-21)18-32-22-5-2-1-3-6-22/h1-12,20H,13-18H2,(H,29,31). The second-order valence-corrected chi connectivity index (χ2v) is 9.49. The number of likely N-dealkylation sites (tertiary alicyclic amines) is 1. The Balaban J connectivity index is 1.24. The van der Waals surface area contributed by atoms with Gasteiger partial charge in [-0.1, -0.05) is 48.0 Å². The average Bonchev–Trinajstić information content (AvgIpc) is 2.82. The molecule has 1 heterocycles. The molecular weight excluding hydrogens is 443 g/mol. The molecule has 0 atom stereocenters. The van der Waals surface area contributed by atoms with Crippen molar-refractivity contribution < 1.29 is 9.18 Å². The molecule has 1 saturated heterocycles. The number of nitrogens with zero attached hydrogens (tertiary/aromatic N) is 1. The highest BCUT2D eigenvalue weighted by molar-refractivity contribution is 7.98.